The smallest absolute Gasteiger partial charge is 0.244 e. The highest BCUT2D eigenvalue weighted by molar-refractivity contribution is 7.99. The van der Waals surface area contributed by atoms with Crippen molar-refractivity contribution in [3.63, 3.8) is 0 Å². The Morgan fingerprint density at radius 1 is 1.22 bits per heavy atom. The molecule has 23 heavy (non-hydrogen) atoms. The lowest BCUT2D eigenvalue weighted by molar-refractivity contribution is -0.116. The minimum atomic E-state index is -0.0952. The monoisotopic (exact) mass is 327 g/mol. The molecule has 0 aromatic heterocycles. The molecule has 2 aromatic carbocycles. The Bertz CT molecular complexity index is 668. The fraction of sp³-hybridized carbons (Fsp3) is 0.211. The summed E-state index contributed by atoms with van der Waals surface area (Å²) in [5.74, 6) is 1.51. The Morgan fingerprint density at radius 2 is 2.00 bits per heavy atom. The third kappa shape index (κ3) is 5.83. The zero-order valence-electron chi connectivity index (χ0n) is 13.4. The van der Waals surface area contributed by atoms with E-state index in [1.807, 2.05) is 43.3 Å². The SMILES string of the molecule is COc1ccc(C)cc1/C=C/C(=O)NCCSc1ccccc1. The lowest BCUT2D eigenvalue weighted by Crippen LogP contribution is -2.23. The summed E-state index contributed by atoms with van der Waals surface area (Å²) in [4.78, 5) is 13.1. The van der Waals surface area contributed by atoms with E-state index in [4.69, 9.17) is 4.74 Å². The third-order valence-electron chi connectivity index (χ3n) is 3.21. The summed E-state index contributed by atoms with van der Waals surface area (Å²) in [5, 5.41) is 2.89. The van der Waals surface area contributed by atoms with Crippen LogP contribution in [0.5, 0.6) is 5.75 Å². The molecule has 0 radical (unpaired) electrons. The topological polar surface area (TPSA) is 38.3 Å². The van der Waals surface area contributed by atoms with Crippen molar-refractivity contribution in [3.05, 3.63) is 65.7 Å². The van der Waals surface area contributed by atoms with Crippen LogP contribution in [-0.4, -0.2) is 25.3 Å². The van der Waals surface area contributed by atoms with Gasteiger partial charge in [-0.25, -0.2) is 0 Å². The zero-order chi connectivity index (χ0) is 16.5. The molecule has 2 aromatic rings. The van der Waals surface area contributed by atoms with E-state index in [2.05, 4.69) is 17.4 Å². The van der Waals surface area contributed by atoms with Gasteiger partial charge >= 0.3 is 0 Å². The van der Waals surface area contributed by atoms with Crippen LogP contribution >= 0.6 is 11.8 Å². The van der Waals surface area contributed by atoms with Crippen molar-refractivity contribution >= 4 is 23.7 Å². The highest BCUT2D eigenvalue weighted by Gasteiger charge is 2.01. The van der Waals surface area contributed by atoms with Gasteiger partial charge < -0.3 is 10.1 Å². The number of carbonyl (C=O) groups excluding carboxylic acids is 1. The molecule has 0 aliphatic carbocycles. The highest BCUT2D eigenvalue weighted by Crippen LogP contribution is 2.21. The van der Waals surface area contributed by atoms with Crippen LogP contribution < -0.4 is 10.1 Å². The van der Waals surface area contributed by atoms with Crippen LogP contribution in [0.3, 0.4) is 0 Å². The molecule has 0 heterocycles. The molecule has 0 saturated heterocycles. The Morgan fingerprint density at radius 3 is 2.74 bits per heavy atom. The van der Waals surface area contributed by atoms with Crippen molar-refractivity contribution in [3.8, 4) is 5.75 Å². The second kappa shape index (κ2) is 9.06. The van der Waals surface area contributed by atoms with Crippen LogP contribution in [-0.2, 0) is 4.79 Å². The van der Waals surface area contributed by atoms with E-state index in [1.54, 1.807) is 31.0 Å². The number of methoxy groups -OCH3 is 1. The van der Waals surface area contributed by atoms with Gasteiger partial charge in [0.2, 0.25) is 5.91 Å². The number of rotatable bonds is 7. The number of aryl methyl sites for hydroxylation is 1. The van der Waals surface area contributed by atoms with Crippen molar-refractivity contribution in [1.29, 1.82) is 0 Å². The Balaban J connectivity index is 1.79. The fourth-order valence-electron chi connectivity index (χ4n) is 2.07. The molecule has 0 aliphatic heterocycles. The molecule has 1 amide bonds. The Labute approximate surface area is 141 Å². The maximum atomic E-state index is 11.9. The molecule has 0 saturated carbocycles. The minimum Gasteiger partial charge on any atom is -0.496 e. The standard InChI is InChI=1S/C19H21NO2S/c1-15-8-10-18(22-2)16(14-15)9-11-19(21)20-12-13-23-17-6-4-3-5-7-17/h3-11,14H,12-13H2,1-2H3,(H,20,21)/b11-9+. The molecule has 0 bridgehead atoms. The number of benzene rings is 2. The van der Waals surface area contributed by atoms with Gasteiger partial charge in [-0.3, -0.25) is 4.79 Å². The van der Waals surface area contributed by atoms with Gasteiger partial charge in [-0.05, 0) is 37.3 Å². The normalized spacial score (nSPS) is 10.7. The van der Waals surface area contributed by atoms with E-state index in [0.29, 0.717) is 6.54 Å². The second-order valence-corrected chi connectivity index (χ2v) is 6.20. The first kappa shape index (κ1) is 17.2. The van der Waals surface area contributed by atoms with Crippen LogP contribution in [0, 0.1) is 6.92 Å². The average Bonchev–Trinajstić information content (AvgIpc) is 2.58. The third-order valence-corrected chi connectivity index (χ3v) is 4.23. The lowest BCUT2D eigenvalue weighted by Gasteiger charge is -2.06. The first-order chi connectivity index (χ1) is 11.2. The average molecular weight is 327 g/mol. The van der Waals surface area contributed by atoms with Crippen molar-refractivity contribution < 1.29 is 9.53 Å². The highest BCUT2D eigenvalue weighted by atomic mass is 32.2. The molecule has 3 nitrogen and oxygen atoms in total. The summed E-state index contributed by atoms with van der Waals surface area (Å²) in [7, 11) is 1.63. The molecule has 1 N–H and O–H groups in total. The van der Waals surface area contributed by atoms with Crippen LogP contribution in [0.25, 0.3) is 6.08 Å². The number of hydrogen-bond acceptors (Lipinski definition) is 3. The molecule has 0 atom stereocenters. The molecule has 4 heteroatoms. The quantitative estimate of drug-likeness (QED) is 0.476. The molecular formula is C19H21NO2S. The van der Waals surface area contributed by atoms with Crippen molar-refractivity contribution in [2.45, 2.75) is 11.8 Å². The molecule has 0 fully saturated rings. The molecule has 120 valence electrons. The van der Waals surface area contributed by atoms with E-state index in [9.17, 15) is 4.79 Å². The van der Waals surface area contributed by atoms with Crippen molar-refractivity contribution in [2.75, 3.05) is 19.4 Å². The lowest BCUT2D eigenvalue weighted by atomic mass is 10.1. The van der Waals surface area contributed by atoms with Crippen molar-refractivity contribution in [1.82, 2.24) is 5.32 Å². The van der Waals surface area contributed by atoms with Gasteiger partial charge in [0.1, 0.15) is 5.75 Å². The van der Waals surface area contributed by atoms with Crippen molar-refractivity contribution in [2.24, 2.45) is 0 Å². The summed E-state index contributed by atoms with van der Waals surface area (Å²) in [5.41, 5.74) is 2.03. The Kier molecular flexibility index (Phi) is 6.76. The predicted molar refractivity (Wildman–Crippen MR) is 96.9 cm³/mol. The summed E-state index contributed by atoms with van der Waals surface area (Å²) in [6, 6.07) is 16.0. The number of thioether (sulfide) groups is 1. The first-order valence-electron chi connectivity index (χ1n) is 7.47. The van der Waals surface area contributed by atoms with E-state index >= 15 is 0 Å². The van der Waals surface area contributed by atoms with Gasteiger partial charge in [-0.2, -0.15) is 0 Å². The van der Waals surface area contributed by atoms with Gasteiger partial charge in [0, 0.05) is 28.8 Å². The number of hydrogen-bond donors (Lipinski definition) is 1. The fourth-order valence-corrected chi connectivity index (χ4v) is 2.86. The van der Waals surface area contributed by atoms with Gasteiger partial charge in [0.05, 0.1) is 7.11 Å². The maximum Gasteiger partial charge on any atom is 0.244 e. The second-order valence-electron chi connectivity index (χ2n) is 5.03. The van der Waals surface area contributed by atoms with Gasteiger partial charge in [0.25, 0.3) is 0 Å². The largest absolute Gasteiger partial charge is 0.496 e. The van der Waals surface area contributed by atoms with E-state index in [-0.39, 0.29) is 5.91 Å². The molecule has 0 aliphatic rings. The molecule has 2 rings (SSSR count). The molecular weight excluding hydrogens is 306 g/mol. The first-order valence-corrected chi connectivity index (χ1v) is 8.46. The van der Waals surface area contributed by atoms with E-state index < -0.39 is 0 Å². The molecule has 0 spiro atoms. The maximum absolute atomic E-state index is 11.9. The number of ether oxygens (including phenoxy) is 1. The predicted octanol–water partition coefficient (Wildman–Crippen LogP) is 3.93. The van der Waals surface area contributed by atoms with Gasteiger partial charge in [0.15, 0.2) is 0 Å². The summed E-state index contributed by atoms with van der Waals surface area (Å²) in [6.45, 7) is 2.64. The summed E-state index contributed by atoms with van der Waals surface area (Å²) < 4.78 is 5.29. The zero-order valence-corrected chi connectivity index (χ0v) is 14.2. The van der Waals surface area contributed by atoms with Crippen LogP contribution in [0.4, 0.5) is 0 Å². The summed E-state index contributed by atoms with van der Waals surface area (Å²) in [6.07, 6.45) is 3.33. The number of nitrogens with one attached hydrogen (secondary N) is 1. The van der Waals surface area contributed by atoms with Crippen LogP contribution in [0.15, 0.2) is 59.5 Å². The molecule has 0 unspecified atom stereocenters. The van der Waals surface area contributed by atoms with Crippen LogP contribution in [0.1, 0.15) is 11.1 Å². The van der Waals surface area contributed by atoms with Gasteiger partial charge in [-0.15, -0.1) is 11.8 Å². The van der Waals surface area contributed by atoms with Crippen LogP contribution in [0.2, 0.25) is 0 Å². The van der Waals surface area contributed by atoms with Gasteiger partial charge in [-0.1, -0.05) is 29.8 Å². The minimum absolute atomic E-state index is 0.0952. The van der Waals surface area contributed by atoms with E-state index in [0.717, 1.165) is 22.6 Å². The Hall–Kier alpha value is -2.20. The summed E-state index contributed by atoms with van der Waals surface area (Å²) >= 11 is 1.73. The number of amides is 1. The van der Waals surface area contributed by atoms with E-state index in [1.165, 1.54) is 4.90 Å². The number of carbonyl (C=O) groups is 1.